The van der Waals surface area contributed by atoms with Crippen molar-refractivity contribution in [3.8, 4) is 0 Å². The molecule has 0 aromatic heterocycles. The lowest BCUT2D eigenvalue weighted by Crippen LogP contribution is -2.74. The molecule has 1 unspecified atom stereocenters. The molecule has 0 spiro atoms. The van der Waals surface area contributed by atoms with Crippen molar-refractivity contribution in [1.29, 1.82) is 0 Å². The van der Waals surface area contributed by atoms with Gasteiger partial charge in [0, 0.05) is 12.2 Å². The van der Waals surface area contributed by atoms with Crippen LogP contribution in [-0.4, -0.2) is 70.4 Å². The molecular formula is C14H13F17OS. The number of alkyl halides is 17. The fraction of sp³-hybridized carbons (Fsp3) is 1.00. The van der Waals surface area contributed by atoms with Crippen molar-refractivity contribution in [2.75, 3.05) is 11.5 Å². The highest BCUT2D eigenvalue weighted by molar-refractivity contribution is 7.99. The third-order valence-corrected chi connectivity index (χ3v) is 5.24. The van der Waals surface area contributed by atoms with Crippen LogP contribution in [0.2, 0.25) is 0 Å². The summed E-state index contributed by atoms with van der Waals surface area (Å²) < 4.78 is 222. The van der Waals surface area contributed by atoms with Crippen LogP contribution in [0.4, 0.5) is 74.6 Å². The minimum absolute atomic E-state index is 0.00427. The SMILES string of the molecule is CCC(O)CSCCC(F)(F)C(F)(F)C(F)(F)C(F)(F)C(F)(F)C(F)(F)C(F)(F)C(F)(F)F. The van der Waals surface area contributed by atoms with Crippen LogP contribution in [0.5, 0.6) is 0 Å². The molecule has 0 aromatic carbocycles. The summed E-state index contributed by atoms with van der Waals surface area (Å²) in [5, 5.41) is 9.10. The molecule has 33 heavy (non-hydrogen) atoms. The number of hydrogen-bond acceptors (Lipinski definition) is 2. The van der Waals surface area contributed by atoms with E-state index in [2.05, 4.69) is 0 Å². The predicted octanol–water partition coefficient (Wildman–Crippen LogP) is 6.89. The second kappa shape index (κ2) is 9.29. The molecule has 1 nitrogen and oxygen atoms in total. The number of aliphatic hydroxyl groups excluding tert-OH is 1. The molecule has 19 heteroatoms. The standard InChI is InChI=1S/C14H13F17OS/c1-2-6(32)5-33-4-3-7(15,16)8(17,18)9(19,20)10(21,22)11(23,24)12(25,26)13(27,28)14(29,30)31/h6,32H,2-5H2,1H3. The summed E-state index contributed by atoms with van der Waals surface area (Å²) in [5.74, 6) is -57.9. The van der Waals surface area contributed by atoms with Crippen LogP contribution in [0.15, 0.2) is 0 Å². The maximum absolute atomic E-state index is 13.5. The van der Waals surface area contributed by atoms with Crippen LogP contribution < -0.4 is 0 Å². The van der Waals surface area contributed by atoms with Gasteiger partial charge in [-0.05, 0) is 12.2 Å². The first-order valence-electron chi connectivity index (χ1n) is 8.18. The molecule has 0 aromatic rings. The van der Waals surface area contributed by atoms with Crippen LogP contribution in [0.25, 0.3) is 0 Å². The van der Waals surface area contributed by atoms with Gasteiger partial charge in [0.15, 0.2) is 0 Å². The average molecular weight is 552 g/mol. The molecule has 0 aliphatic heterocycles. The third-order valence-electron chi connectivity index (χ3n) is 4.13. The zero-order valence-corrected chi connectivity index (χ0v) is 16.5. The van der Waals surface area contributed by atoms with E-state index in [4.69, 9.17) is 5.11 Å². The molecule has 0 amide bonds. The lowest BCUT2D eigenvalue weighted by atomic mass is 9.88. The zero-order valence-electron chi connectivity index (χ0n) is 15.7. The Labute approximate surface area is 177 Å². The van der Waals surface area contributed by atoms with Crippen molar-refractivity contribution >= 4 is 11.8 Å². The minimum atomic E-state index is -8.61. The molecule has 0 saturated carbocycles. The molecule has 1 N–H and O–H groups in total. The highest BCUT2D eigenvalue weighted by atomic mass is 32.2. The molecule has 0 heterocycles. The van der Waals surface area contributed by atoms with Gasteiger partial charge in [0.2, 0.25) is 0 Å². The molecule has 0 rings (SSSR count). The molecule has 0 aliphatic rings. The van der Waals surface area contributed by atoms with E-state index in [1.807, 2.05) is 0 Å². The van der Waals surface area contributed by atoms with Crippen molar-refractivity contribution < 1.29 is 79.7 Å². The molecule has 0 bridgehead atoms. The summed E-state index contributed by atoms with van der Waals surface area (Å²) in [6.45, 7) is 1.36. The first-order valence-corrected chi connectivity index (χ1v) is 9.33. The Morgan fingerprint density at radius 1 is 0.576 bits per heavy atom. The van der Waals surface area contributed by atoms with Crippen molar-refractivity contribution in [3.63, 3.8) is 0 Å². The van der Waals surface area contributed by atoms with Gasteiger partial charge < -0.3 is 5.11 Å². The monoisotopic (exact) mass is 552 g/mol. The average Bonchev–Trinajstić information content (AvgIpc) is 2.62. The van der Waals surface area contributed by atoms with Gasteiger partial charge in [-0.2, -0.15) is 86.4 Å². The molecule has 1 atom stereocenters. The van der Waals surface area contributed by atoms with Crippen LogP contribution in [0.1, 0.15) is 19.8 Å². The predicted molar refractivity (Wildman–Crippen MR) is 78.9 cm³/mol. The van der Waals surface area contributed by atoms with Gasteiger partial charge in [-0.3, -0.25) is 0 Å². The summed E-state index contributed by atoms with van der Waals surface area (Å²) in [4.78, 5) is 0. The smallest absolute Gasteiger partial charge is 0.392 e. The number of rotatable bonds is 12. The van der Waals surface area contributed by atoms with Gasteiger partial charge in [-0.1, -0.05) is 6.92 Å². The Morgan fingerprint density at radius 2 is 0.909 bits per heavy atom. The second-order valence-corrected chi connectivity index (χ2v) is 7.69. The van der Waals surface area contributed by atoms with E-state index in [1.165, 1.54) is 6.92 Å². The molecule has 0 radical (unpaired) electrons. The van der Waals surface area contributed by atoms with Crippen LogP contribution in [-0.2, 0) is 0 Å². The maximum atomic E-state index is 13.5. The highest BCUT2D eigenvalue weighted by Gasteiger charge is 2.95. The first kappa shape index (κ1) is 32.1. The fourth-order valence-corrected chi connectivity index (χ4v) is 2.97. The number of halogens is 17. The van der Waals surface area contributed by atoms with Crippen LogP contribution in [0, 0.1) is 0 Å². The number of aliphatic hydroxyl groups is 1. The van der Waals surface area contributed by atoms with Gasteiger partial charge in [0.05, 0.1) is 6.10 Å². The molecule has 0 fully saturated rings. The van der Waals surface area contributed by atoms with E-state index in [9.17, 15) is 74.6 Å². The van der Waals surface area contributed by atoms with Crippen LogP contribution >= 0.6 is 11.8 Å². The normalized spacial score (nSPS) is 16.8. The Bertz CT molecular complexity index is 657. The third kappa shape index (κ3) is 5.07. The van der Waals surface area contributed by atoms with Gasteiger partial charge in [0.1, 0.15) is 0 Å². The second-order valence-electron chi connectivity index (χ2n) is 6.54. The van der Waals surface area contributed by atoms with E-state index >= 15 is 0 Å². The Morgan fingerprint density at radius 3 is 1.24 bits per heavy atom. The summed E-state index contributed by atoms with van der Waals surface area (Å²) in [6, 6.07) is 0. The topological polar surface area (TPSA) is 20.2 Å². The molecule has 0 saturated heterocycles. The summed E-state index contributed by atoms with van der Waals surface area (Å²) in [6.07, 6.45) is -11.5. The highest BCUT2D eigenvalue weighted by Crippen LogP contribution is 2.64. The fourth-order valence-electron chi connectivity index (χ4n) is 1.89. The van der Waals surface area contributed by atoms with Gasteiger partial charge in [-0.15, -0.1) is 0 Å². The lowest BCUT2D eigenvalue weighted by Gasteiger charge is -2.42. The summed E-state index contributed by atoms with van der Waals surface area (Å²) >= 11 is 0.175. The van der Waals surface area contributed by atoms with Crippen molar-refractivity contribution in [2.24, 2.45) is 0 Å². The first-order chi connectivity index (χ1) is 14.2. The van der Waals surface area contributed by atoms with E-state index in [0.29, 0.717) is 0 Å². The number of thioether (sulfide) groups is 1. The van der Waals surface area contributed by atoms with E-state index in [-0.39, 0.29) is 18.2 Å². The van der Waals surface area contributed by atoms with Crippen molar-refractivity contribution in [1.82, 2.24) is 0 Å². The Kier molecular flexibility index (Phi) is 9.04. The number of hydrogen-bond donors (Lipinski definition) is 1. The summed E-state index contributed by atoms with van der Waals surface area (Å²) in [5.41, 5.74) is 0. The largest absolute Gasteiger partial charge is 0.460 e. The Balaban J connectivity index is 6.21. The lowest BCUT2D eigenvalue weighted by molar-refractivity contribution is -0.461. The maximum Gasteiger partial charge on any atom is 0.460 e. The van der Waals surface area contributed by atoms with E-state index in [0.717, 1.165) is 0 Å². The Hall–Kier alpha value is -0.880. The van der Waals surface area contributed by atoms with Crippen molar-refractivity contribution in [2.45, 2.75) is 73.5 Å². The van der Waals surface area contributed by atoms with Crippen LogP contribution in [0.3, 0.4) is 0 Å². The van der Waals surface area contributed by atoms with Gasteiger partial charge in [-0.25, -0.2) is 0 Å². The van der Waals surface area contributed by atoms with Crippen molar-refractivity contribution in [3.05, 3.63) is 0 Å². The van der Waals surface area contributed by atoms with Gasteiger partial charge in [0.25, 0.3) is 0 Å². The summed E-state index contributed by atoms with van der Waals surface area (Å²) in [7, 11) is 0. The van der Waals surface area contributed by atoms with E-state index < -0.39 is 71.7 Å². The zero-order chi connectivity index (χ0) is 27.1. The van der Waals surface area contributed by atoms with E-state index in [1.54, 1.807) is 0 Å². The quantitative estimate of drug-likeness (QED) is 0.210. The molecular weight excluding hydrogens is 539 g/mol. The van der Waals surface area contributed by atoms with Gasteiger partial charge >= 0.3 is 47.6 Å². The minimum Gasteiger partial charge on any atom is -0.392 e. The molecule has 200 valence electrons. The molecule has 0 aliphatic carbocycles.